The Hall–Kier alpha value is -1.60. The minimum Gasteiger partial charge on any atom is -0.396 e. The summed E-state index contributed by atoms with van der Waals surface area (Å²) in [4.78, 5) is 7.74. The molecule has 94 valence electrons. The maximum atomic E-state index is 9.32. The monoisotopic (exact) mass is 239 g/mol. The van der Waals surface area contributed by atoms with Crippen molar-refractivity contribution in [3.05, 3.63) is 6.20 Å². The van der Waals surface area contributed by atoms with Crippen LogP contribution in [0.1, 0.15) is 6.42 Å². The van der Waals surface area contributed by atoms with Crippen LogP contribution in [0.3, 0.4) is 0 Å². The Bertz CT molecular complexity index is 414. The summed E-state index contributed by atoms with van der Waals surface area (Å²) in [5.41, 5.74) is 11.3. The maximum Gasteiger partial charge on any atom is 0.222 e. The molecule has 1 aliphatic carbocycles. The number of anilines is 3. The zero-order valence-electron chi connectivity index (χ0n) is 9.43. The van der Waals surface area contributed by atoms with Crippen molar-refractivity contribution in [1.29, 1.82) is 0 Å². The molecule has 0 saturated heterocycles. The van der Waals surface area contributed by atoms with Crippen molar-refractivity contribution in [2.24, 2.45) is 11.3 Å². The van der Waals surface area contributed by atoms with E-state index in [2.05, 4.69) is 15.3 Å². The van der Waals surface area contributed by atoms with E-state index in [0.717, 1.165) is 6.42 Å². The largest absolute Gasteiger partial charge is 0.396 e. The highest BCUT2D eigenvalue weighted by Crippen LogP contribution is 2.51. The van der Waals surface area contributed by atoms with Crippen LogP contribution in [0, 0.1) is 11.3 Å². The fourth-order valence-corrected chi connectivity index (χ4v) is 1.96. The minimum absolute atomic E-state index is 0.0334. The summed E-state index contributed by atoms with van der Waals surface area (Å²) in [7, 11) is 0. The number of rotatable bonds is 5. The van der Waals surface area contributed by atoms with Crippen LogP contribution >= 0.6 is 0 Å². The van der Waals surface area contributed by atoms with Crippen molar-refractivity contribution < 1.29 is 10.2 Å². The first-order valence-electron chi connectivity index (χ1n) is 5.45. The molecule has 0 aromatic carbocycles. The molecule has 1 heterocycles. The second-order valence-corrected chi connectivity index (χ2v) is 4.49. The molecule has 7 nitrogen and oxygen atoms in total. The number of aliphatic hydroxyl groups excluding tert-OH is 2. The van der Waals surface area contributed by atoms with E-state index in [-0.39, 0.29) is 30.5 Å². The first-order valence-corrected chi connectivity index (χ1v) is 5.45. The van der Waals surface area contributed by atoms with Crippen molar-refractivity contribution in [2.75, 3.05) is 36.5 Å². The summed E-state index contributed by atoms with van der Waals surface area (Å²) in [6.45, 7) is 0.630. The molecule has 0 radical (unpaired) electrons. The van der Waals surface area contributed by atoms with Crippen LogP contribution in [0.5, 0.6) is 0 Å². The lowest BCUT2D eigenvalue weighted by molar-refractivity contribution is 0.180. The van der Waals surface area contributed by atoms with Gasteiger partial charge < -0.3 is 27.0 Å². The van der Waals surface area contributed by atoms with Crippen LogP contribution in [0.4, 0.5) is 17.5 Å². The molecule has 1 fully saturated rings. The molecule has 1 aliphatic rings. The van der Waals surface area contributed by atoms with Crippen molar-refractivity contribution in [3.8, 4) is 0 Å². The predicted molar refractivity (Wildman–Crippen MR) is 64.1 cm³/mol. The number of hydrogen-bond donors (Lipinski definition) is 5. The average Bonchev–Trinajstić information content (AvgIpc) is 3.05. The van der Waals surface area contributed by atoms with Crippen molar-refractivity contribution in [3.63, 3.8) is 0 Å². The zero-order chi connectivity index (χ0) is 12.5. The Morgan fingerprint density at radius 2 is 2.24 bits per heavy atom. The Morgan fingerprint density at radius 3 is 2.82 bits per heavy atom. The molecule has 1 saturated carbocycles. The third kappa shape index (κ3) is 2.25. The number of nitrogens with zero attached hydrogens (tertiary/aromatic N) is 2. The van der Waals surface area contributed by atoms with Gasteiger partial charge in [0.2, 0.25) is 5.95 Å². The molecular weight excluding hydrogens is 222 g/mol. The van der Waals surface area contributed by atoms with Gasteiger partial charge in [-0.15, -0.1) is 0 Å². The highest BCUT2D eigenvalue weighted by atomic mass is 16.3. The average molecular weight is 239 g/mol. The highest BCUT2D eigenvalue weighted by molar-refractivity contribution is 5.61. The molecule has 2 atom stereocenters. The van der Waals surface area contributed by atoms with Crippen LogP contribution in [0.25, 0.3) is 0 Å². The number of aliphatic hydroxyl groups is 2. The maximum absolute atomic E-state index is 9.32. The van der Waals surface area contributed by atoms with Crippen molar-refractivity contribution in [2.45, 2.75) is 6.42 Å². The summed E-state index contributed by atoms with van der Waals surface area (Å²) in [6.07, 6.45) is 2.24. The third-order valence-electron chi connectivity index (χ3n) is 3.34. The first kappa shape index (κ1) is 11.9. The first-order chi connectivity index (χ1) is 8.11. The lowest BCUT2D eigenvalue weighted by Gasteiger charge is -2.16. The van der Waals surface area contributed by atoms with E-state index < -0.39 is 0 Å². The van der Waals surface area contributed by atoms with Gasteiger partial charge in [-0.2, -0.15) is 4.98 Å². The van der Waals surface area contributed by atoms with Gasteiger partial charge in [0.1, 0.15) is 0 Å². The number of nitrogens with two attached hydrogens (primary N) is 2. The van der Waals surface area contributed by atoms with E-state index in [1.54, 1.807) is 0 Å². The summed E-state index contributed by atoms with van der Waals surface area (Å²) >= 11 is 0. The minimum atomic E-state index is -0.263. The summed E-state index contributed by atoms with van der Waals surface area (Å²) in [5.74, 6) is 0.753. The fourth-order valence-electron chi connectivity index (χ4n) is 1.96. The quantitative estimate of drug-likeness (QED) is 0.447. The van der Waals surface area contributed by atoms with Crippen LogP contribution in [0.15, 0.2) is 6.20 Å². The normalized spacial score (nSPS) is 26.8. The molecule has 1 aromatic heterocycles. The van der Waals surface area contributed by atoms with E-state index in [0.29, 0.717) is 18.1 Å². The van der Waals surface area contributed by atoms with Gasteiger partial charge in [0.05, 0.1) is 18.5 Å². The summed E-state index contributed by atoms with van der Waals surface area (Å²) in [6, 6.07) is 0. The molecule has 0 spiro atoms. The van der Waals surface area contributed by atoms with E-state index in [1.165, 1.54) is 6.20 Å². The molecule has 7 N–H and O–H groups in total. The van der Waals surface area contributed by atoms with Crippen molar-refractivity contribution in [1.82, 2.24) is 9.97 Å². The number of nitrogen functional groups attached to an aromatic ring is 2. The SMILES string of the molecule is Nc1ncc(N)c(NCC2(CO)CC2CO)n1. The topological polar surface area (TPSA) is 130 Å². The molecule has 2 unspecified atom stereocenters. The third-order valence-corrected chi connectivity index (χ3v) is 3.34. The van der Waals surface area contributed by atoms with Crippen molar-refractivity contribution >= 4 is 17.5 Å². The second kappa shape index (κ2) is 4.34. The van der Waals surface area contributed by atoms with E-state index in [1.807, 2.05) is 0 Å². The van der Waals surface area contributed by atoms with Gasteiger partial charge in [-0.3, -0.25) is 0 Å². The fraction of sp³-hybridized carbons (Fsp3) is 0.600. The van der Waals surface area contributed by atoms with Gasteiger partial charge in [0, 0.05) is 18.6 Å². The number of nitrogens with one attached hydrogen (secondary N) is 1. The van der Waals surface area contributed by atoms with Gasteiger partial charge in [-0.05, 0) is 12.3 Å². The zero-order valence-corrected chi connectivity index (χ0v) is 9.43. The molecule has 0 amide bonds. The van der Waals surface area contributed by atoms with Gasteiger partial charge >= 0.3 is 0 Å². The Morgan fingerprint density at radius 1 is 1.47 bits per heavy atom. The van der Waals surface area contributed by atoms with Crippen LogP contribution < -0.4 is 16.8 Å². The van der Waals surface area contributed by atoms with Crippen LogP contribution in [-0.4, -0.2) is 39.9 Å². The van der Waals surface area contributed by atoms with E-state index in [4.69, 9.17) is 16.6 Å². The molecule has 2 rings (SSSR count). The molecule has 7 heteroatoms. The smallest absolute Gasteiger partial charge is 0.222 e. The standard InChI is InChI=1S/C10H17N5O2/c11-7-2-13-9(12)15-8(7)14-4-10(5-17)1-6(10)3-16/h2,6,16-17H,1,3-5,11H2,(H3,12,13,14,15). The van der Waals surface area contributed by atoms with E-state index in [9.17, 15) is 5.11 Å². The predicted octanol–water partition coefficient (Wildman–Crippen LogP) is -0.956. The van der Waals surface area contributed by atoms with Gasteiger partial charge in [-0.25, -0.2) is 4.98 Å². The lowest BCUT2D eigenvalue weighted by atomic mass is 10.1. The lowest BCUT2D eigenvalue weighted by Crippen LogP contribution is -2.23. The van der Waals surface area contributed by atoms with E-state index >= 15 is 0 Å². The molecule has 0 bridgehead atoms. The van der Waals surface area contributed by atoms with Gasteiger partial charge in [-0.1, -0.05) is 0 Å². The van der Waals surface area contributed by atoms with Gasteiger partial charge in [0.15, 0.2) is 5.82 Å². The molecule has 17 heavy (non-hydrogen) atoms. The number of aromatic nitrogens is 2. The second-order valence-electron chi connectivity index (χ2n) is 4.49. The highest BCUT2D eigenvalue weighted by Gasteiger charge is 2.53. The molecular formula is C10H17N5O2. The Kier molecular flexibility index (Phi) is 3.03. The van der Waals surface area contributed by atoms with Crippen LogP contribution in [0.2, 0.25) is 0 Å². The summed E-state index contributed by atoms with van der Waals surface area (Å²) < 4.78 is 0. The summed E-state index contributed by atoms with van der Waals surface area (Å²) in [5, 5.41) is 21.4. The van der Waals surface area contributed by atoms with Gasteiger partial charge in [0.25, 0.3) is 0 Å². The molecule has 1 aromatic rings. The Labute approximate surface area is 98.9 Å². The number of hydrogen-bond acceptors (Lipinski definition) is 7. The van der Waals surface area contributed by atoms with Crippen LogP contribution in [-0.2, 0) is 0 Å². The Balaban J connectivity index is 2.00. The molecule has 0 aliphatic heterocycles.